The van der Waals surface area contributed by atoms with E-state index in [2.05, 4.69) is 31.9 Å². The molecule has 118 valence electrons. The summed E-state index contributed by atoms with van der Waals surface area (Å²) in [5, 5.41) is 3.31. The molecule has 0 heterocycles. The highest BCUT2D eigenvalue weighted by Gasteiger charge is 2.14. The first kappa shape index (κ1) is 17.7. The molecule has 4 nitrogen and oxygen atoms in total. The van der Waals surface area contributed by atoms with Crippen LogP contribution in [0.2, 0.25) is 19.6 Å². The Labute approximate surface area is 129 Å². The van der Waals surface area contributed by atoms with E-state index in [0.29, 0.717) is 18.8 Å². The van der Waals surface area contributed by atoms with Crippen LogP contribution in [0.1, 0.15) is 30.1 Å². The topological polar surface area (TPSA) is 47.6 Å². The minimum Gasteiger partial charge on any atom is -0.460 e. The number of nitrogens with one attached hydrogen (secondary N) is 1. The maximum absolute atomic E-state index is 11.9. The van der Waals surface area contributed by atoms with Crippen molar-refractivity contribution in [3.8, 4) is 0 Å². The molecule has 0 aliphatic carbocycles. The molecule has 1 N–H and O–H groups in total. The summed E-state index contributed by atoms with van der Waals surface area (Å²) < 4.78 is 10.8. The van der Waals surface area contributed by atoms with E-state index < -0.39 is 8.32 Å². The minimum atomic E-state index is -1.53. The Morgan fingerprint density at radius 1 is 1.14 bits per heavy atom. The van der Waals surface area contributed by atoms with Crippen molar-refractivity contribution in [2.45, 2.75) is 39.4 Å². The maximum Gasteiger partial charge on any atom is 0.338 e. The fraction of sp³-hybridized carbons (Fsp3) is 0.562. The van der Waals surface area contributed by atoms with Crippen molar-refractivity contribution in [3.05, 3.63) is 29.8 Å². The second kappa shape index (κ2) is 8.84. The molecule has 0 aliphatic heterocycles. The predicted octanol–water partition coefficient (Wildman–Crippen LogP) is 3.91. The Kier molecular flexibility index (Phi) is 7.46. The van der Waals surface area contributed by atoms with Crippen molar-refractivity contribution < 1.29 is 14.0 Å². The summed E-state index contributed by atoms with van der Waals surface area (Å²) in [6.45, 7) is 10.2. The van der Waals surface area contributed by atoms with E-state index in [1.54, 1.807) is 12.1 Å². The molecule has 1 aromatic rings. The van der Waals surface area contributed by atoms with Crippen LogP contribution >= 0.6 is 0 Å². The highest BCUT2D eigenvalue weighted by atomic mass is 28.4. The van der Waals surface area contributed by atoms with Crippen molar-refractivity contribution in [1.29, 1.82) is 0 Å². The van der Waals surface area contributed by atoms with Crippen LogP contribution in [0.25, 0.3) is 0 Å². The monoisotopic (exact) mass is 309 g/mol. The molecule has 0 atom stereocenters. The molecule has 0 bridgehead atoms. The van der Waals surface area contributed by atoms with Gasteiger partial charge in [-0.25, -0.2) is 4.79 Å². The normalized spacial score (nSPS) is 11.2. The van der Waals surface area contributed by atoms with Crippen LogP contribution in [0.15, 0.2) is 24.3 Å². The van der Waals surface area contributed by atoms with Crippen LogP contribution < -0.4 is 5.32 Å². The molecule has 0 amide bonds. The quantitative estimate of drug-likeness (QED) is 0.427. The number of benzene rings is 1. The maximum atomic E-state index is 11.9. The molecular formula is C16H27NO3Si. The number of rotatable bonds is 9. The zero-order chi connectivity index (χ0) is 15.7. The number of ether oxygens (including phenoxy) is 1. The molecule has 21 heavy (non-hydrogen) atoms. The Morgan fingerprint density at radius 2 is 1.81 bits per heavy atom. The highest BCUT2D eigenvalue weighted by molar-refractivity contribution is 6.69. The number of hydrogen-bond acceptors (Lipinski definition) is 4. The second-order valence-electron chi connectivity index (χ2n) is 5.95. The third-order valence-electron chi connectivity index (χ3n) is 2.83. The molecule has 0 radical (unpaired) electrons. The number of carbonyl (C=O) groups is 1. The summed E-state index contributed by atoms with van der Waals surface area (Å²) in [5.74, 6) is -0.297. The molecule has 0 saturated heterocycles. The fourth-order valence-corrected chi connectivity index (χ4v) is 2.39. The van der Waals surface area contributed by atoms with Crippen LogP contribution in [0.4, 0.5) is 5.69 Å². The van der Waals surface area contributed by atoms with Gasteiger partial charge in [0.1, 0.15) is 6.61 Å². The molecule has 5 heteroatoms. The van der Waals surface area contributed by atoms with Gasteiger partial charge in [0.15, 0.2) is 8.32 Å². The van der Waals surface area contributed by atoms with Gasteiger partial charge in [-0.3, -0.25) is 0 Å². The average Bonchev–Trinajstić information content (AvgIpc) is 2.43. The van der Waals surface area contributed by atoms with Crippen molar-refractivity contribution in [2.75, 3.05) is 25.1 Å². The van der Waals surface area contributed by atoms with Gasteiger partial charge < -0.3 is 14.5 Å². The number of hydrogen-bond donors (Lipinski definition) is 1. The minimum absolute atomic E-state index is 0.297. The van der Waals surface area contributed by atoms with Crippen LogP contribution in [-0.4, -0.2) is 34.0 Å². The van der Waals surface area contributed by atoms with Crippen LogP contribution in [0.3, 0.4) is 0 Å². The van der Waals surface area contributed by atoms with Gasteiger partial charge in [-0.2, -0.15) is 0 Å². The summed E-state index contributed by atoms with van der Waals surface area (Å²) in [6, 6.07) is 7.39. The summed E-state index contributed by atoms with van der Waals surface area (Å²) >= 11 is 0. The lowest BCUT2D eigenvalue weighted by molar-refractivity contribution is 0.0445. The molecule has 0 fully saturated rings. The predicted molar refractivity (Wildman–Crippen MR) is 89.4 cm³/mol. The summed E-state index contributed by atoms with van der Waals surface area (Å²) in [6.07, 6.45) is 2.30. The van der Waals surface area contributed by atoms with E-state index in [1.807, 2.05) is 12.1 Å². The lowest BCUT2D eigenvalue weighted by atomic mass is 10.2. The van der Waals surface area contributed by atoms with Crippen LogP contribution in [0.5, 0.6) is 0 Å². The lowest BCUT2D eigenvalue weighted by Crippen LogP contribution is -2.27. The van der Waals surface area contributed by atoms with E-state index in [0.717, 1.165) is 25.1 Å². The first-order valence-corrected chi connectivity index (χ1v) is 11.0. The SMILES string of the molecule is CCCCNc1ccc(C(=O)OCCO[Si](C)(C)C)cc1. The summed E-state index contributed by atoms with van der Waals surface area (Å²) in [7, 11) is -1.53. The first-order valence-electron chi connectivity index (χ1n) is 7.57. The third kappa shape index (κ3) is 7.87. The number of anilines is 1. The molecule has 0 saturated carbocycles. The molecule has 0 aromatic heterocycles. The van der Waals surface area contributed by atoms with Crippen molar-refractivity contribution >= 4 is 20.0 Å². The van der Waals surface area contributed by atoms with Crippen LogP contribution in [-0.2, 0) is 9.16 Å². The zero-order valence-electron chi connectivity index (χ0n) is 13.6. The van der Waals surface area contributed by atoms with Gasteiger partial charge in [-0.15, -0.1) is 0 Å². The Balaban J connectivity index is 2.34. The smallest absolute Gasteiger partial charge is 0.338 e. The van der Waals surface area contributed by atoms with E-state index in [4.69, 9.17) is 9.16 Å². The van der Waals surface area contributed by atoms with E-state index in [9.17, 15) is 4.79 Å². The summed E-state index contributed by atoms with van der Waals surface area (Å²) in [5.41, 5.74) is 1.60. The molecule has 0 aliphatic rings. The van der Waals surface area contributed by atoms with Crippen molar-refractivity contribution in [2.24, 2.45) is 0 Å². The third-order valence-corrected chi connectivity index (χ3v) is 3.90. The Bertz CT molecular complexity index is 426. The largest absolute Gasteiger partial charge is 0.460 e. The number of carbonyl (C=O) groups excluding carboxylic acids is 1. The van der Waals surface area contributed by atoms with Crippen LogP contribution in [0, 0.1) is 0 Å². The average molecular weight is 309 g/mol. The number of esters is 1. The van der Waals surface area contributed by atoms with Gasteiger partial charge in [0, 0.05) is 12.2 Å². The molecule has 0 spiro atoms. The molecule has 1 aromatic carbocycles. The second-order valence-corrected chi connectivity index (χ2v) is 10.5. The Hall–Kier alpha value is -1.33. The Morgan fingerprint density at radius 3 is 2.38 bits per heavy atom. The first-order chi connectivity index (χ1) is 9.92. The highest BCUT2D eigenvalue weighted by Crippen LogP contribution is 2.11. The molecule has 1 rings (SSSR count). The molecular weight excluding hydrogens is 282 g/mol. The van der Waals surface area contributed by atoms with Gasteiger partial charge in [0.2, 0.25) is 0 Å². The van der Waals surface area contributed by atoms with Gasteiger partial charge >= 0.3 is 5.97 Å². The fourth-order valence-electron chi connectivity index (χ4n) is 1.70. The molecule has 0 unspecified atom stereocenters. The number of unbranched alkanes of at least 4 members (excludes halogenated alkanes) is 1. The van der Waals surface area contributed by atoms with Crippen molar-refractivity contribution in [3.63, 3.8) is 0 Å². The van der Waals surface area contributed by atoms with E-state index in [1.165, 1.54) is 0 Å². The standard InChI is InChI=1S/C16H27NO3Si/c1-5-6-11-17-15-9-7-14(8-10-15)16(18)19-12-13-20-21(2,3)4/h7-10,17H,5-6,11-13H2,1-4H3. The van der Waals surface area contributed by atoms with Gasteiger partial charge in [0.25, 0.3) is 0 Å². The lowest BCUT2D eigenvalue weighted by Gasteiger charge is -2.16. The van der Waals surface area contributed by atoms with Gasteiger partial charge in [-0.05, 0) is 50.3 Å². The van der Waals surface area contributed by atoms with Crippen molar-refractivity contribution in [1.82, 2.24) is 0 Å². The zero-order valence-corrected chi connectivity index (χ0v) is 14.6. The van der Waals surface area contributed by atoms with Gasteiger partial charge in [-0.1, -0.05) is 13.3 Å². The summed E-state index contributed by atoms with van der Waals surface area (Å²) in [4.78, 5) is 11.9. The van der Waals surface area contributed by atoms with E-state index in [-0.39, 0.29) is 5.97 Å². The van der Waals surface area contributed by atoms with E-state index >= 15 is 0 Å². The van der Waals surface area contributed by atoms with Gasteiger partial charge in [0.05, 0.1) is 12.2 Å².